The van der Waals surface area contributed by atoms with Crippen molar-refractivity contribution in [3.8, 4) is 5.75 Å². The van der Waals surface area contributed by atoms with E-state index < -0.39 is 6.61 Å². The summed E-state index contributed by atoms with van der Waals surface area (Å²) in [5, 5.41) is 3.09. The first-order valence-corrected chi connectivity index (χ1v) is 6.37. The number of hydrogen-bond acceptors (Lipinski definition) is 3. The molecule has 3 N–H and O–H groups in total. The van der Waals surface area contributed by atoms with Gasteiger partial charge in [0.1, 0.15) is 5.75 Å². The van der Waals surface area contributed by atoms with E-state index in [1.807, 2.05) is 4.90 Å². The van der Waals surface area contributed by atoms with Crippen LogP contribution in [0.15, 0.2) is 29.3 Å². The summed E-state index contributed by atoms with van der Waals surface area (Å²) in [4.78, 5) is 5.85. The molecule has 1 aromatic rings. The third kappa shape index (κ3) is 3.49. The summed E-state index contributed by atoms with van der Waals surface area (Å²) in [6.45, 7) is -1.41. The molecule has 0 aromatic heterocycles. The minimum Gasteiger partial charge on any atom is -0.433 e. The van der Waals surface area contributed by atoms with Crippen LogP contribution in [0.4, 0.5) is 14.5 Å². The third-order valence-corrected chi connectivity index (χ3v) is 3.20. The van der Waals surface area contributed by atoms with Crippen molar-refractivity contribution in [2.75, 3.05) is 25.0 Å². The van der Waals surface area contributed by atoms with Gasteiger partial charge < -0.3 is 20.7 Å². The van der Waals surface area contributed by atoms with Crippen molar-refractivity contribution in [1.29, 1.82) is 0 Å². The van der Waals surface area contributed by atoms with Gasteiger partial charge in [0.2, 0.25) is 0 Å². The number of anilines is 1. The van der Waals surface area contributed by atoms with Gasteiger partial charge in [0.05, 0.1) is 5.69 Å². The first-order chi connectivity index (χ1) is 9.60. The van der Waals surface area contributed by atoms with Gasteiger partial charge in [-0.2, -0.15) is 8.78 Å². The fourth-order valence-corrected chi connectivity index (χ4v) is 2.28. The van der Waals surface area contributed by atoms with E-state index in [9.17, 15) is 8.78 Å². The Labute approximate surface area is 116 Å². The zero-order chi connectivity index (χ0) is 14.5. The van der Waals surface area contributed by atoms with Gasteiger partial charge in [0.25, 0.3) is 0 Å². The second kappa shape index (κ2) is 6.40. The molecule has 110 valence electrons. The second-order valence-electron chi connectivity index (χ2n) is 4.53. The molecule has 0 aliphatic carbocycles. The molecule has 1 aromatic carbocycles. The maximum Gasteiger partial charge on any atom is 0.387 e. The first-order valence-electron chi connectivity index (χ1n) is 6.37. The summed E-state index contributed by atoms with van der Waals surface area (Å²) in [5.74, 6) is 0.578. The van der Waals surface area contributed by atoms with Crippen molar-refractivity contribution in [3.63, 3.8) is 0 Å². The minimum absolute atomic E-state index is 0.151. The van der Waals surface area contributed by atoms with Crippen LogP contribution in [-0.2, 0) is 0 Å². The second-order valence-corrected chi connectivity index (χ2v) is 4.53. The number of guanidine groups is 1. The summed E-state index contributed by atoms with van der Waals surface area (Å²) in [6.07, 6.45) is 0.860. The van der Waals surface area contributed by atoms with Gasteiger partial charge in [-0.25, -0.2) is 0 Å². The molecule has 0 spiro atoms. The van der Waals surface area contributed by atoms with Crippen LogP contribution in [0.5, 0.6) is 5.75 Å². The molecule has 20 heavy (non-hydrogen) atoms. The molecule has 0 amide bonds. The lowest BCUT2D eigenvalue weighted by Gasteiger charge is -2.22. The fraction of sp³-hybridized carbons (Fsp3) is 0.462. The smallest absolute Gasteiger partial charge is 0.387 e. The summed E-state index contributed by atoms with van der Waals surface area (Å²) >= 11 is 0. The lowest BCUT2D eigenvalue weighted by atomic mass is 10.2. The average Bonchev–Trinajstić information content (AvgIpc) is 2.87. The number of nitrogens with zero attached hydrogens (tertiary/aromatic N) is 2. The Morgan fingerprint density at radius 1 is 1.50 bits per heavy atom. The van der Waals surface area contributed by atoms with Crippen molar-refractivity contribution >= 4 is 11.6 Å². The Morgan fingerprint density at radius 2 is 2.25 bits per heavy atom. The number of benzene rings is 1. The molecular weight excluding hydrogens is 266 g/mol. The summed E-state index contributed by atoms with van der Waals surface area (Å²) in [5.41, 5.74) is 6.30. The monoisotopic (exact) mass is 284 g/mol. The van der Waals surface area contributed by atoms with Gasteiger partial charge in [-0.15, -0.1) is 0 Å². The molecule has 0 radical (unpaired) electrons. The van der Waals surface area contributed by atoms with Crippen molar-refractivity contribution in [2.45, 2.75) is 19.1 Å². The van der Waals surface area contributed by atoms with Crippen LogP contribution < -0.4 is 20.7 Å². The van der Waals surface area contributed by atoms with E-state index in [4.69, 9.17) is 5.73 Å². The molecule has 1 aliphatic rings. The number of halogens is 2. The Bertz CT molecular complexity index is 481. The largest absolute Gasteiger partial charge is 0.433 e. The van der Waals surface area contributed by atoms with E-state index in [1.54, 1.807) is 31.3 Å². The molecule has 1 aliphatic heterocycles. The first kappa shape index (κ1) is 14.4. The van der Waals surface area contributed by atoms with Gasteiger partial charge in [-0.3, -0.25) is 4.99 Å². The van der Waals surface area contributed by atoms with E-state index in [2.05, 4.69) is 15.0 Å². The lowest BCUT2D eigenvalue weighted by molar-refractivity contribution is -0.0495. The number of ether oxygens (including phenoxy) is 1. The Balaban J connectivity index is 2.06. The fourth-order valence-electron chi connectivity index (χ4n) is 2.28. The van der Waals surface area contributed by atoms with Crippen LogP contribution >= 0.6 is 0 Å². The molecule has 0 bridgehead atoms. The highest BCUT2D eigenvalue weighted by Crippen LogP contribution is 2.31. The molecule has 7 heteroatoms. The Kier molecular flexibility index (Phi) is 4.60. The number of nitrogens with one attached hydrogen (secondary N) is 1. The number of alkyl halides is 2. The van der Waals surface area contributed by atoms with Crippen LogP contribution in [0.2, 0.25) is 0 Å². The van der Waals surface area contributed by atoms with E-state index in [0.29, 0.717) is 18.2 Å². The summed E-state index contributed by atoms with van der Waals surface area (Å²) < 4.78 is 29.3. The van der Waals surface area contributed by atoms with Crippen molar-refractivity contribution in [1.82, 2.24) is 5.32 Å². The zero-order valence-corrected chi connectivity index (χ0v) is 11.2. The highest BCUT2D eigenvalue weighted by molar-refractivity contribution is 5.78. The maximum absolute atomic E-state index is 12.4. The van der Waals surface area contributed by atoms with E-state index in [1.165, 1.54) is 0 Å². The summed E-state index contributed by atoms with van der Waals surface area (Å²) in [7, 11) is 1.61. The van der Waals surface area contributed by atoms with Crippen LogP contribution in [0, 0.1) is 0 Å². The Hall–Kier alpha value is -2.05. The van der Waals surface area contributed by atoms with Crippen LogP contribution in [-0.4, -0.2) is 38.8 Å². The van der Waals surface area contributed by atoms with E-state index >= 15 is 0 Å². The van der Waals surface area contributed by atoms with Gasteiger partial charge in [0.15, 0.2) is 5.96 Å². The quantitative estimate of drug-likeness (QED) is 0.648. The highest BCUT2D eigenvalue weighted by Gasteiger charge is 2.25. The Morgan fingerprint density at radius 3 is 2.95 bits per heavy atom. The zero-order valence-electron chi connectivity index (χ0n) is 11.2. The van der Waals surface area contributed by atoms with Crippen molar-refractivity contribution in [2.24, 2.45) is 10.7 Å². The minimum atomic E-state index is -2.82. The molecule has 1 fully saturated rings. The number of para-hydroxylation sites is 2. The molecule has 0 saturated carbocycles. The highest BCUT2D eigenvalue weighted by atomic mass is 19.3. The third-order valence-electron chi connectivity index (χ3n) is 3.20. The average molecular weight is 284 g/mol. The topological polar surface area (TPSA) is 62.9 Å². The number of hydrogen-bond donors (Lipinski definition) is 2. The van der Waals surface area contributed by atoms with E-state index in [-0.39, 0.29) is 11.8 Å². The van der Waals surface area contributed by atoms with Crippen molar-refractivity contribution < 1.29 is 13.5 Å². The molecule has 1 atom stereocenters. The molecular formula is C13H18F2N4O. The molecule has 1 unspecified atom stereocenters. The normalized spacial score (nSPS) is 19.5. The van der Waals surface area contributed by atoms with Crippen molar-refractivity contribution in [3.05, 3.63) is 24.3 Å². The molecule has 1 heterocycles. The van der Waals surface area contributed by atoms with Crippen LogP contribution in [0.1, 0.15) is 6.42 Å². The van der Waals surface area contributed by atoms with Gasteiger partial charge >= 0.3 is 6.61 Å². The number of aliphatic imine (C=N–C) groups is 1. The molecule has 1 saturated heterocycles. The van der Waals surface area contributed by atoms with Gasteiger partial charge in [-0.05, 0) is 18.6 Å². The predicted octanol–water partition coefficient (Wildman–Crippen LogP) is 1.40. The molecule has 2 rings (SSSR count). The van der Waals surface area contributed by atoms with Gasteiger partial charge in [0, 0.05) is 26.2 Å². The standard InChI is InChI=1S/C13H18F2N4O/c1-17-13(16)18-9-6-7-19(8-9)10-4-2-3-5-11(10)20-12(14)15/h2-5,9,12H,6-8H2,1H3,(H3,16,17,18). The van der Waals surface area contributed by atoms with Crippen LogP contribution in [0.25, 0.3) is 0 Å². The number of nitrogens with two attached hydrogens (primary N) is 1. The maximum atomic E-state index is 12.4. The van der Waals surface area contributed by atoms with Gasteiger partial charge in [-0.1, -0.05) is 12.1 Å². The van der Waals surface area contributed by atoms with E-state index in [0.717, 1.165) is 13.0 Å². The van der Waals surface area contributed by atoms with Crippen LogP contribution in [0.3, 0.4) is 0 Å². The lowest BCUT2D eigenvalue weighted by Crippen LogP contribution is -2.41. The summed E-state index contributed by atoms with van der Waals surface area (Å²) in [6, 6.07) is 6.95. The molecule has 5 nitrogen and oxygen atoms in total. The SMILES string of the molecule is CN=C(N)NC1CCN(c2ccccc2OC(F)F)C1. The number of rotatable bonds is 4. The predicted molar refractivity (Wildman–Crippen MR) is 74.4 cm³/mol.